The van der Waals surface area contributed by atoms with Crippen LogP contribution in [0.2, 0.25) is 0 Å². The van der Waals surface area contributed by atoms with Gasteiger partial charge in [0.2, 0.25) is 0 Å². The third-order valence-corrected chi connectivity index (χ3v) is 4.56. The topological polar surface area (TPSA) is 74.2 Å². The molecule has 1 aromatic heterocycles. The number of aliphatic hydroxyl groups excluding tert-OH is 1. The molecular weight excluding hydrogens is 310 g/mol. The molecule has 5 nitrogen and oxygen atoms in total. The first-order valence-electron chi connectivity index (χ1n) is 7.66. The molecule has 0 bridgehead atoms. The van der Waals surface area contributed by atoms with E-state index in [0.717, 1.165) is 24.2 Å². The number of carbonyl (C=O) groups is 1. The minimum absolute atomic E-state index is 0.0156. The highest BCUT2D eigenvalue weighted by Crippen LogP contribution is 2.04. The lowest BCUT2D eigenvalue weighted by atomic mass is 10.1. The summed E-state index contributed by atoms with van der Waals surface area (Å²) in [5, 5.41) is 16.3. The summed E-state index contributed by atoms with van der Waals surface area (Å²) in [6.45, 7) is 1.14. The molecule has 2 aromatic rings. The van der Waals surface area contributed by atoms with Crippen LogP contribution < -0.4 is 20.4 Å². The van der Waals surface area contributed by atoms with Crippen molar-refractivity contribution in [2.75, 3.05) is 18.4 Å². The minimum atomic E-state index is -0.114. The van der Waals surface area contributed by atoms with Crippen LogP contribution in [0.25, 0.3) is 12.2 Å². The molecule has 0 fully saturated rings. The average molecular weight is 329 g/mol. The molecule has 23 heavy (non-hydrogen) atoms. The van der Waals surface area contributed by atoms with Gasteiger partial charge in [-0.25, -0.2) is 0 Å². The van der Waals surface area contributed by atoms with E-state index in [9.17, 15) is 4.79 Å². The lowest BCUT2D eigenvalue weighted by Crippen LogP contribution is -2.30. The van der Waals surface area contributed by atoms with Crippen molar-refractivity contribution in [2.45, 2.75) is 19.4 Å². The molecule has 3 rings (SSSR count). The normalized spacial score (nSPS) is 12.7. The maximum Gasteiger partial charge on any atom is 0.251 e. The molecule has 1 heterocycles. The fraction of sp³-hybridized carbons (Fsp3) is 0.294. The highest BCUT2D eigenvalue weighted by atomic mass is 32.1. The van der Waals surface area contributed by atoms with E-state index in [4.69, 9.17) is 5.11 Å². The molecule has 0 aliphatic heterocycles. The molecular formula is C17H19N3O2S. The van der Waals surface area contributed by atoms with Crippen molar-refractivity contribution in [1.29, 1.82) is 0 Å². The lowest BCUT2D eigenvalue weighted by Gasteiger charge is -2.07. The van der Waals surface area contributed by atoms with Gasteiger partial charge in [-0.2, -0.15) is 4.37 Å². The van der Waals surface area contributed by atoms with Crippen molar-refractivity contribution in [1.82, 2.24) is 9.69 Å². The van der Waals surface area contributed by atoms with Gasteiger partial charge in [-0.15, -0.1) is 0 Å². The van der Waals surface area contributed by atoms with E-state index in [2.05, 4.69) is 27.2 Å². The van der Waals surface area contributed by atoms with E-state index < -0.39 is 0 Å². The van der Waals surface area contributed by atoms with Gasteiger partial charge in [0.05, 0.1) is 11.1 Å². The largest absolute Gasteiger partial charge is 0.392 e. The van der Waals surface area contributed by atoms with E-state index in [1.165, 1.54) is 21.3 Å². The molecule has 0 saturated heterocycles. The number of carbonyl (C=O) groups excluding carboxylic acids is 1. The second-order valence-corrected chi connectivity index (χ2v) is 6.14. The van der Waals surface area contributed by atoms with Gasteiger partial charge in [-0.3, -0.25) is 4.79 Å². The Balaban J connectivity index is 1.50. The third-order valence-electron chi connectivity index (χ3n) is 3.70. The Kier molecular flexibility index (Phi) is 5.05. The van der Waals surface area contributed by atoms with Crippen LogP contribution >= 0.6 is 11.5 Å². The number of nitrogens with one attached hydrogen (secondary N) is 2. The Morgan fingerprint density at radius 1 is 1.17 bits per heavy atom. The third kappa shape index (κ3) is 3.78. The van der Waals surface area contributed by atoms with Gasteiger partial charge in [-0.1, -0.05) is 24.3 Å². The molecule has 0 saturated carbocycles. The van der Waals surface area contributed by atoms with E-state index in [0.29, 0.717) is 18.7 Å². The van der Waals surface area contributed by atoms with Crippen molar-refractivity contribution in [3.8, 4) is 0 Å². The maximum atomic E-state index is 12.0. The number of rotatable bonds is 6. The zero-order chi connectivity index (χ0) is 16.1. The molecule has 1 amide bonds. The van der Waals surface area contributed by atoms with Crippen molar-refractivity contribution in [3.05, 3.63) is 45.1 Å². The highest BCUT2D eigenvalue weighted by molar-refractivity contribution is 7.03. The van der Waals surface area contributed by atoms with Crippen molar-refractivity contribution in [3.63, 3.8) is 0 Å². The van der Waals surface area contributed by atoms with Crippen LogP contribution in [0.5, 0.6) is 0 Å². The zero-order valence-electron chi connectivity index (χ0n) is 12.7. The molecule has 1 aliphatic rings. The van der Waals surface area contributed by atoms with Crippen LogP contribution in [-0.4, -0.2) is 28.5 Å². The number of amides is 1. The van der Waals surface area contributed by atoms with Gasteiger partial charge < -0.3 is 15.7 Å². The minimum Gasteiger partial charge on any atom is -0.392 e. The van der Waals surface area contributed by atoms with Crippen LogP contribution in [0.15, 0.2) is 24.3 Å². The van der Waals surface area contributed by atoms with Crippen molar-refractivity contribution >= 4 is 35.4 Å². The molecule has 120 valence electrons. The molecule has 0 radical (unpaired) electrons. The van der Waals surface area contributed by atoms with Gasteiger partial charge in [-0.05, 0) is 42.1 Å². The predicted molar refractivity (Wildman–Crippen MR) is 92.7 cm³/mol. The number of aromatic nitrogens is 1. The monoisotopic (exact) mass is 329 g/mol. The van der Waals surface area contributed by atoms with Crippen LogP contribution in [0.3, 0.4) is 0 Å². The van der Waals surface area contributed by atoms with Gasteiger partial charge in [0.25, 0.3) is 5.91 Å². The van der Waals surface area contributed by atoms with Crippen LogP contribution in [0.1, 0.15) is 28.8 Å². The summed E-state index contributed by atoms with van der Waals surface area (Å²) in [7, 11) is 0. The summed E-state index contributed by atoms with van der Waals surface area (Å²) in [4.78, 5) is 12.0. The second kappa shape index (κ2) is 7.39. The second-order valence-electron chi connectivity index (χ2n) is 5.33. The molecule has 0 atom stereocenters. The van der Waals surface area contributed by atoms with Gasteiger partial charge in [0.15, 0.2) is 0 Å². The van der Waals surface area contributed by atoms with Gasteiger partial charge in [0, 0.05) is 23.9 Å². The van der Waals surface area contributed by atoms with Crippen molar-refractivity contribution in [2.24, 2.45) is 0 Å². The Labute approximate surface area is 138 Å². The SMILES string of the molecule is O=C(NCCNc1nsc2c1=CCCC=2)c1ccc(CO)cc1. The van der Waals surface area contributed by atoms with E-state index in [1.54, 1.807) is 24.3 Å². The highest BCUT2D eigenvalue weighted by Gasteiger charge is 2.06. The number of anilines is 1. The average Bonchev–Trinajstić information content (AvgIpc) is 3.02. The predicted octanol–water partition coefficient (Wildman–Crippen LogP) is 0.832. The summed E-state index contributed by atoms with van der Waals surface area (Å²) < 4.78 is 5.65. The summed E-state index contributed by atoms with van der Waals surface area (Å²) in [5.41, 5.74) is 1.39. The number of benzene rings is 1. The van der Waals surface area contributed by atoms with Crippen LogP contribution in [-0.2, 0) is 6.61 Å². The van der Waals surface area contributed by atoms with E-state index in [1.807, 2.05) is 0 Å². The standard InChI is InChI=1S/C17H19N3O2S/c21-11-12-5-7-13(8-6-12)17(22)19-10-9-18-16-14-3-1-2-4-15(14)23-20-16/h3-8,21H,1-2,9-11H2,(H,18,20)(H,19,22). The van der Waals surface area contributed by atoms with E-state index in [-0.39, 0.29) is 12.5 Å². The Morgan fingerprint density at radius 3 is 2.74 bits per heavy atom. The van der Waals surface area contributed by atoms with Crippen LogP contribution in [0, 0.1) is 0 Å². The maximum absolute atomic E-state index is 12.0. The van der Waals surface area contributed by atoms with Crippen LogP contribution in [0.4, 0.5) is 5.82 Å². The fourth-order valence-electron chi connectivity index (χ4n) is 2.44. The summed E-state index contributed by atoms with van der Waals surface area (Å²) in [6, 6.07) is 6.94. The molecule has 3 N–H and O–H groups in total. The quantitative estimate of drug-likeness (QED) is 0.687. The Morgan fingerprint density at radius 2 is 1.96 bits per heavy atom. The smallest absolute Gasteiger partial charge is 0.251 e. The number of aliphatic hydroxyl groups is 1. The van der Waals surface area contributed by atoms with Crippen molar-refractivity contribution < 1.29 is 9.90 Å². The number of hydrogen-bond acceptors (Lipinski definition) is 5. The first-order valence-corrected chi connectivity index (χ1v) is 8.43. The molecule has 0 spiro atoms. The Bertz CT molecular complexity index is 796. The summed E-state index contributed by atoms with van der Waals surface area (Å²) in [5.74, 6) is 0.791. The Hall–Kier alpha value is -2.18. The van der Waals surface area contributed by atoms with E-state index >= 15 is 0 Å². The molecule has 0 unspecified atom stereocenters. The first kappa shape index (κ1) is 15.7. The molecule has 6 heteroatoms. The molecule has 1 aliphatic carbocycles. The first-order chi connectivity index (χ1) is 11.3. The van der Waals surface area contributed by atoms with Gasteiger partial charge in [0.1, 0.15) is 5.82 Å². The summed E-state index contributed by atoms with van der Waals surface area (Å²) in [6.07, 6.45) is 6.57. The molecule has 1 aromatic carbocycles. The number of fused-ring (bicyclic) bond motifs is 1. The number of nitrogens with zero attached hydrogens (tertiary/aromatic N) is 1. The summed E-state index contributed by atoms with van der Waals surface area (Å²) >= 11 is 1.51. The fourth-order valence-corrected chi connectivity index (χ4v) is 3.27. The number of hydrogen-bond donors (Lipinski definition) is 3. The zero-order valence-corrected chi connectivity index (χ0v) is 13.5. The lowest BCUT2D eigenvalue weighted by molar-refractivity contribution is 0.0955. The van der Waals surface area contributed by atoms with Gasteiger partial charge >= 0.3 is 0 Å².